The Morgan fingerprint density at radius 1 is 1.17 bits per heavy atom. The van der Waals surface area contributed by atoms with Crippen molar-refractivity contribution in [2.24, 2.45) is 11.3 Å². The fourth-order valence-corrected chi connectivity index (χ4v) is 4.37. The van der Waals surface area contributed by atoms with Gasteiger partial charge in [0, 0.05) is 23.6 Å². The second-order valence-electron chi connectivity index (χ2n) is 9.34. The molecule has 1 heterocycles. The number of hydrogen-bond acceptors (Lipinski definition) is 3. The third-order valence-electron chi connectivity index (χ3n) is 6.11. The smallest absolute Gasteiger partial charge is 0.328 e. The van der Waals surface area contributed by atoms with Crippen LogP contribution in [0.1, 0.15) is 69.7 Å². The van der Waals surface area contributed by atoms with Crippen molar-refractivity contribution in [2.45, 2.75) is 71.9 Å². The second kappa shape index (κ2) is 9.02. The highest BCUT2D eigenvalue weighted by Gasteiger charge is 2.34. The number of nitrogens with zero attached hydrogens (tertiary/aromatic N) is 1. The van der Waals surface area contributed by atoms with Gasteiger partial charge in [0.1, 0.15) is 6.04 Å². The number of aromatic nitrogens is 1. The number of esters is 1. The standard InChI is InChI=1S/C24H34N2O3/c1-24(2,3)21(23(28)29-4)25-22(27)19-16-26(20-13-9-8-12-18(19)20)15-14-17-10-6-5-7-11-17/h8-9,12-13,16-17,21H,5-7,10-11,14-15H2,1-4H3,(H,25,27)/t21-/m1/s1. The molecule has 1 atom stereocenters. The van der Waals surface area contributed by atoms with Crippen LogP contribution in [0.15, 0.2) is 30.5 Å². The zero-order valence-electron chi connectivity index (χ0n) is 18.2. The first-order chi connectivity index (χ1) is 13.8. The average Bonchev–Trinajstić information content (AvgIpc) is 3.08. The van der Waals surface area contributed by atoms with Crippen LogP contribution in [-0.2, 0) is 16.1 Å². The summed E-state index contributed by atoms with van der Waals surface area (Å²) in [4.78, 5) is 25.4. The fourth-order valence-electron chi connectivity index (χ4n) is 4.37. The molecule has 2 aromatic rings. The first kappa shape index (κ1) is 21.4. The van der Waals surface area contributed by atoms with Crippen molar-refractivity contribution in [2.75, 3.05) is 7.11 Å². The molecule has 0 radical (unpaired) electrons. The Morgan fingerprint density at radius 3 is 2.52 bits per heavy atom. The van der Waals surface area contributed by atoms with E-state index in [0.29, 0.717) is 5.56 Å². The minimum Gasteiger partial charge on any atom is -0.467 e. The second-order valence-corrected chi connectivity index (χ2v) is 9.34. The number of rotatable bonds is 6. The monoisotopic (exact) mass is 398 g/mol. The topological polar surface area (TPSA) is 60.3 Å². The molecule has 0 saturated heterocycles. The third-order valence-corrected chi connectivity index (χ3v) is 6.11. The molecule has 1 N–H and O–H groups in total. The van der Waals surface area contributed by atoms with Crippen LogP contribution in [0.2, 0.25) is 0 Å². The van der Waals surface area contributed by atoms with Crippen LogP contribution in [-0.4, -0.2) is 29.6 Å². The summed E-state index contributed by atoms with van der Waals surface area (Å²) >= 11 is 0. The molecule has 1 aliphatic rings. The first-order valence-corrected chi connectivity index (χ1v) is 10.8. The van der Waals surface area contributed by atoms with Crippen LogP contribution in [0.3, 0.4) is 0 Å². The molecule has 29 heavy (non-hydrogen) atoms. The quantitative estimate of drug-likeness (QED) is 0.702. The number of para-hydroxylation sites is 1. The number of ether oxygens (including phenoxy) is 1. The predicted octanol–water partition coefficient (Wildman–Crippen LogP) is 4.93. The van der Waals surface area contributed by atoms with E-state index in [1.165, 1.54) is 39.2 Å². The maximum Gasteiger partial charge on any atom is 0.328 e. The number of fused-ring (bicyclic) bond motifs is 1. The zero-order valence-corrected chi connectivity index (χ0v) is 18.2. The molecule has 158 valence electrons. The third kappa shape index (κ3) is 5.01. The molecule has 1 aliphatic carbocycles. The van der Waals surface area contributed by atoms with Gasteiger partial charge in [-0.3, -0.25) is 4.79 Å². The molecule has 5 heteroatoms. The fraction of sp³-hybridized carbons (Fsp3) is 0.583. The molecule has 0 bridgehead atoms. The summed E-state index contributed by atoms with van der Waals surface area (Å²) in [5.74, 6) is 0.126. The van der Waals surface area contributed by atoms with Crippen molar-refractivity contribution in [3.8, 4) is 0 Å². The van der Waals surface area contributed by atoms with E-state index in [1.807, 2.05) is 45.2 Å². The van der Waals surface area contributed by atoms with Crippen molar-refractivity contribution in [1.29, 1.82) is 0 Å². The molecule has 0 spiro atoms. The summed E-state index contributed by atoms with van der Waals surface area (Å²) in [6, 6.07) is 7.30. The van der Waals surface area contributed by atoms with Crippen molar-refractivity contribution >= 4 is 22.8 Å². The first-order valence-electron chi connectivity index (χ1n) is 10.8. The molecular weight excluding hydrogens is 364 g/mol. The number of methoxy groups -OCH3 is 1. The van der Waals surface area contributed by atoms with Crippen LogP contribution in [0.5, 0.6) is 0 Å². The van der Waals surface area contributed by atoms with Crippen LogP contribution in [0.4, 0.5) is 0 Å². The summed E-state index contributed by atoms with van der Waals surface area (Å²) in [7, 11) is 1.35. The number of aryl methyl sites for hydroxylation is 1. The van der Waals surface area contributed by atoms with Crippen LogP contribution in [0.25, 0.3) is 10.9 Å². The average molecular weight is 399 g/mol. The zero-order chi connectivity index (χ0) is 21.0. The van der Waals surface area contributed by atoms with Crippen molar-refractivity contribution < 1.29 is 14.3 Å². The maximum absolute atomic E-state index is 13.1. The lowest BCUT2D eigenvalue weighted by atomic mass is 9.86. The summed E-state index contributed by atoms with van der Waals surface area (Å²) in [6.07, 6.45) is 9.77. The van der Waals surface area contributed by atoms with Gasteiger partial charge in [-0.1, -0.05) is 71.1 Å². The van der Waals surface area contributed by atoms with Crippen LogP contribution < -0.4 is 5.32 Å². The molecule has 1 aromatic carbocycles. The summed E-state index contributed by atoms with van der Waals surface area (Å²) in [5.41, 5.74) is 1.24. The van der Waals surface area contributed by atoms with Gasteiger partial charge in [-0.25, -0.2) is 4.79 Å². The lowest BCUT2D eigenvalue weighted by Crippen LogP contribution is -2.49. The van der Waals surface area contributed by atoms with E-state index in [-0.39, 0.29) is 5.91 Å². The molecule has 3 rings (SSSR count). The minimum absolute atomic E-state index is 0.233. The Kier molecular flexibility index (Phi) is 6.66. The van der Waals surface area contributed by atoms with E-state index in [2.05, 4.69) is 16.0 Å². The van der Waals surface area contributed by atoms with Crippen molar-refractivity contribution in [3.05, 3.63) is 36.0 Å². The maximum atomic E-state index is 13.1. The lowest BCUT2D eigenvalue weighted by Gasteiger charge is -2.28. The number of nitrogens with one attached hydrogen (secondary N) is 1. The predicted molar refractivity (Wildman–Crippen MR) is 116 cm³/mol. The highest BCUT2D eigenvalue weighted by atomic mass is 16.5. The number of benzene rings is 1. The minimum atomic E-state index is -0.704. The van der Waals surface area contributed by atoms with Gasteiger partial charge >= 0.3 is 5.97 Å². The Balaban J connectivity index is 1.83. The van der Waals surface area contributed by atoms with Gasteiger partial charge < -0.3 is 14.6 Å². The van der Waals surface area contributed by atoms with Gasteiger partial charge in [0.2, 0.25) is 0 Å². The van der Waals surface area contributed by atoms with Gasteiger partial charge in [-0.15, -0.1) is 0 Å². The Bertz CT molecular complexity index is 857. The van der Waals surface area contributed by atoms with E-state index in [9.17, 15) is 9.59 Å². The van der Waals surface area contributed by atoms with Gasteiger partial charge in [-0.05, 0) is 23.8 Å². The Hall–Kier alpha value is -2.30. The Labute approximate surface area is 173 Å². The van der Waals surface area contributed by atoms with E-state index in [1.54, 1.807) is 0 Å². The van der Waals surface area contributed by atoms with Crippen LogP contribution >= 0.6 is 0 Å². The van der Waals surface area contributed by atoms with Gasteiger partial charge in [0.05, 0.1) is 12.7 Å². The molecule has 5 nitrogen and oxygen atoms in total. The molecule has 0 aliphatic heterocycles. The summed E-state index contributed by atoms with van der Waals surface area (Å²) in [6.45, 7) is 6.67. The lowest BCUT2D eigenvalue weighted by molar-refractivity contribution is -0.145. The van der Waals surface area contributed by atoms with E-state index in [0.717, 1.165) is 29.8 Å². The number of hydrogen-bond donors (Lipinski definition) is 1. The van der Waals surface area contributed by atoms with Crippen molar-refractivity contribution in [1.82, 2.24) is 9.88 Å². The van der Waals surface area contributed by atoms with Crippen LogP contribution in [0, 0.1) is 11.3 Å². The van der Waals surface area contributed by atoms with E-state index in [4.69, 9.17) is 4.74 Å². The molecule has 1 fully saturated rings. The summed E-state index contributed by atoms with van der Waals surface area (Å²) < 4.78 is 7.11. The highest BCUT2D eigenvalue weighted by molar-refractivity contribution is 6.08. The summed E-state index contributed by atoms with van der Waals surface area (Å²) in [5, 5.41) is 3.83. The molecule has 1 aromatic heterocycles. The number of carbonyl (C=O) groups excluding carboxylic acids is 2. The molecular formula is C24H34N2O3. The number of amides is 1. The normalized spacial score (nSPS) is 16.6. The number of carbonyl (C=O) groups is 2. The Morgan fingerprint density at radius 2 is 1.86 bits per heavy atom. The van der Waals surface area contributed by atoms with Gasteiger partial charge in [0.25, 0.3) is 5.91 Å². The highest BCUT2D eigenvalue weighted by Crippen LogP contribution is 2.29. The van der Waals surface area contributed by atoms with Gasteiger partial charge in [0.15, 0.2) is 0 Å². The van der Waals surface area contributed by atoms with E-state index < -0.39 is 17.4 Å². The van der Waals surface area contributed by atoms with E-state index >= 15 is 0 Å². The van der Waals surface area contributed by atoms with Gasteiger partial charge in [-0.2, -0.15) is 0 Å². The SMILES string of the molecule is COC(=O)[C@@H](NC(=O)c1cn(CCC2CCCCC2)c2ccccc12)C(C)(C)C. The molecule has 1 amide bonds. The van der Waals surface area contributed by atoms with Crippen molar-refractivity contribution in [3.63, 3.8) is 0 Å². The molecule has 1 saturated carbocycles. The largest absolute Gasteiger partial charge is 0.467 e. The molecule has 0 unspecified atom stereocenters.